The molecule has 1 aliphatic heterocycles. The van der Waals surface area contributed by atoms with Crippen LogP contribution in [0.25, 0.3) is 10.9 Å². The molecule has 0 bridgehead atoms. The number of aromatic nitrogens is 1. The molecule has 0 saturated carbocycles. The predicted octanol–water partition coefficient (Wildman–Crippen LogP) is 4.01. The van der Waals surface area contributed by atoms with Gasteiger partial charge < -0.3 is 18.6 Å². The molecule has 1 fully saturated rings. The van der Waals surface area contributed by atoms with Crippen molar-refractivity contribution in [2.24, 2.45) is 0 Å². The number of benzene rings is 1. The molecule has 156 valence electrons. The lowest BCUT2D eigenvalue weighted by Gasteiger charge is -2.32. The van der Waals surface area contributed by atoms with Gasteiger partial charge in [0.1, 0.15) is 0 Å². The molecule has 0 unspecified atom stereocenters. The van der Waals surface area contributed by atoms with Crippen LogP contribution in [0.15, 0.2) is 36.0 Å². The van der Waals surface area contributed by atoms with Crippen LogP contribution in [0.1, 0.15) is 54.0 Å². The molecule has 0 N–H and O–H groups in total. The van der Waals surface area contributed by atoms with Gasteiger partial charge in [0.2, 0.25) is 0 Å². The Labute approximate surface area is 174 Å². The summed E-state index contributed by atoms with van der Waals surface area (Å²) in [6.07, 6.45) is 4.43. The van der Waals surface area contributed by atoms with E-state index in [0.717, 1.165) is 28.5 Å². The quantitative estimate of drug-likeness (QED) is 0.420. The van der Waals surface area contributed by atoms with Crippen molar-refractivity contribution in [1.29, 1.82) is 0 Å². The SMILES string of the molecule is C/C=C(\C)Cn1cc(CC(=O)OCC)c2ccc(B3OC(C)(C)C(C)(C)O3)cc21. The van der Waals surface area contributed by atoms with Crippen molar-refractivity contribution in [3.8, 4) is 0 Å². The Bertz CT molecular complexity index is 926. The molecule has 0 amide bonds. The first-order chi connectivity index (χ1) is 13.6. The number of nitrogens with zero attached hydrogens (tertiary/aromatic N) is 1. The molecule has 0 atom stereocenters. The van der Waals surface area contributed by atoms with E-state index >= 15 is 0 Å². The number of hydrogen-bond donors (Lipinski definition) is 0. The smallest absolute Gasteiger partial charge is 0.466 e. The summed E-state index contributed by atoms with van der Waals surface area (Å²) in [5.74, 6) is -0.204. The van der Waals surface area contributed by atoms with Crippen molar-refractivity contribution < 1.29 is 18.8 Å². The van der Waals surface area contributed by atoms with Crippen LogP contribution < -0.4 is 5.46 Å². The third kappa shape index (κ3) is 4.29. The first kappa shape index (κ1) is 21.7. The third-order valence-corrected chi connectivity index (χ3v) is 6.07. The summed E-state index contributed by atoms with van der Waals surface area (Å²) >= 11 is 0. The van der Waals surface area contributed by atoms with Crippen LogP contribution in [0.3, 0.4) is 0 Å². The highest BCUT2D eigenvalue weighted by Crippen LogP contribution is 2.36. The number of carbonyl (C=O) groups excluding carboxylic acids is 1. The maximum atomic E-state index is 12.1. The van der Waals surface area contributed by atoms with E-state index in [2.05, 4.69) is 63.6 Å². The molecule has 5 nitrogen and oxygen atoms in total. The lowest BCUT2D eigenvalue weighted by Crippen LogP contribution is -2.41. The summed E-state index contributed by atoms with van der Waals surface area (Å²) in [5, 5.41) is 1.06. The Morgan fingerprint density at radius 3 is 2.45 bits per heavy atom. The van der Waals surface area contributed by atoms with Crippen LogP contribution in [-0.4, -0.2) is 35.5 Å². The molecule has 0 spiro atoms. The van der Waals surface area contributed by atoms with Gasteiger partial charge in [-0.25, -0.2) is 0 Å². The number of allylic oxidation sites excluding steroid dienone is 2. The van der Waals surface area contributed by atoms with Crippen molar-refractivity contribution in [3.63, 3.8) is 0 Å². The lowest BCUT2D eigenvalue weighted by atomic mass is 9.78. The molecular weight excluding hydrogens is 365 g/mol. The lowest BCUT2D eigenvalue weighted by molar-refractivity contribution is -0.142. The maximum Gasteiger partial charge on any atom is 0.494 e. The highest BCUT2D eigenvalue weighted by molar-refractivity contribution is 6.62. The summed E-state index contributed by atoms with van der Waals surface area (Å²) < 4.78 is 19.8. The van der Waals surface area contributed by atoms with E-state index in [1.54, 1.807) is 0 Å². The van der Waals surface area contributed by atoms with E-state index in [-0.39, 0.29) is 23.6 Å². The van der Waals surface area contributed by atoms with Crippen LogP contribution in [0.5, 0.6) is 0 Å². The molecule has 1 aliphatic rings. The molecule has 2 aromatic rings. The topological polar surface area (TPSA) is 49.7 Å². The molecule has 0 radical (unpaired) electrons. The highest BCUT2D eigenvalue weighted by Gasteiger charge is 2.51. The van der Waals surface area contributed by atoms with Crippen molar-refractivity contribution in [2.75, 3.05) is 6.61 Å². The fourth-order valence-corrected chi connectivity index (χ4v) is 3.51. The molecule has 29 heavy (non-hydrogen) atoms. The van der Waals surface area contributed by atoms with Gasteiger partial charge in [0.25, 0.3) is 0 Å². The second-order valence-electron chi connectivity index (χ2n) is 8.76. The molecule has 1 aromatic heterocycles. The van der Waals surface area contributed by atoms with E-state index in [1.165, 1.54) is 5.57 Å². The van der Waals surface area contributed by atoms with Crippen LogP contribution in [0, 0.1) is 0 Å². The second kappa shape index (κ2) is 8.00. The average molecular weight is 397 g/mol. The number of esters is 1. The maximum absolute atomic E-state index is 12.1. The van der Waals surface area contributed by atoms with Gasteiger partial charge in [0, 0.05) is 23.6 Å². The zero-order valence-electron chi connectivity index (χ0n) is 18.7. The summed E-state index contributed by atoms with van der Waals surface area (Å²) in [6.45, 7) is 15.4. The molecule has 3 rings (SSSR count). The fraction of sp³-hybridized carbons (Fsp3) is 0.522. The first-order valence-electron chi connectivity index (χ1n) is 10.3. The van der Waals surface area contributed by atoms with E-state index in [1.807, 2.05) is 19.9 Å². The van der Waals surface area contributed by atoms with Gasteiger partial charge in [-0.1, -0.05) is 23.8 Å². The minimum atomic E-state index is -0.413. The standard InChI is InChI=1S/C23H32BNO4/c1-8-16(3)14-25-15-17(12-21(26)27-9-2)19-11-10-18(13-20(19)25)24-28-22(4,5)23(6,7)29-24/h8,10-11,13,15H,9,12,14H2,1-7H3/b16-8+. The van der Waals surface area contributed by atoms with Crippen molar-refractivity contribution in [2.45, 2.75) is 72.6 Å². The third-order valence-electron chi connectivity index (χ3n) is 6.07. The van der Waals surface area contributed by atoms with Crippen LogP contribution in [0.4, 0.5) is 0 Å². The molecule has 0 aliphatic carbocycles. The molecule has 1 aromatic carbocycles. The zero-order chi connectivity index (χ0) is 21.4. The Morgan fingerprint density at radius 1 is 1.21 bits per heavy atom. The fourth-order valence-electron chi connectivity index (χ4n) is 3.51. The second-order valence-corrected chi connectivity index (χ2v) is 8.76. The predicted molar refractivity (Wildman–Crippen MR) is 117 cm³/mol. The summed E-state index contributed by atoms with van der Waals surface area (Å²) in [5.41, 5.74) is 3.51. The van der Waals surface area contributed by atoms with Crippen LogP contribution >= 0.6 is 0 Å². The normalized spacial score (nSPS) is 18.4. The minimum Gasteiger partial charge on any atom is -0.466 e. The Hall–Kier alpha value is -2.05. The van der Waals surface area contributed by atoms with Gasteiger partial charge in [-0.15, -0.1) is 0 Å². The van der Waals surface area contributed by atoms with Crippen molar-refractivity contribution >= 4 is 29.5 Å². The van der Waals surface area contributed by atoms with Gasteiger partial charge >= 0.3 is 13.1 Å². The summed E-state index contributed by atoms with van der Waals surface area (Å²) in [7, 11) is -0.413. The van der Waals surface area contributed by atoms with Gasteiger partial charge in [0.05, 0.1) is 24.2 Å². The largest absolute Gasteiger partial charge is 0.494 e. The van der Waals surface area contributed by atoms with E-state index in [0.29, 0.717) is 6.61 Å². The average Bonchev–Trinajstić information content (AvgIpc) is 3.08. The Balaban J connectivity index is 2.02. The first-order valence-corrected chi connectivity index (χ1v) is 10.3. The molecule has 2 heterocycles. The monoisotopic (exact) mass is 397 g/mol. The minimum absolute atomic E-state index is 0.204. The van der Waals surface area contributed by atoms with E-state index in [4.69, 9.17) is 14.0 Å². The van der Waals surface area contributed by atoms with Gasteiger partial charge in [0.15, 0.2) is 0 Å². The van der Waals surface area contributed by atoms with Crippen molar-refractivity contribution in [3.05, 3.63) is 41.6 Å². The molecular formula is C23H32BNO4. The van der Waals surface area contributed by atoms with E-state index < -0.39 is 7.12 Å². The number of ether oxygens (including phenoxy) is 1. The Kier molecular flexibility index (Phi) is 5.97. The van der Waals surface area contributed by atoms with Crippen LogP contribution in [-0.2, 0) is 31.8 Å². The highest BCUT2D eigenvalue weighted by atomic mass is 16.7. The van der Waals surface area contributed by atoms with Gasteiger partial charge in [-0.3, -0.25) is 4.79 Å². The van der Waals surface area contributed by atoms with Gasteiger partial charge in [-0.2, -0.15) is 0 Å². The van der Waals surface area contributed by atoms with E-state index in [9.17, 15) is 4.79 Å². The summed E-state index contributed by atoms with van der Waals surface area (Å²) in [6, 6.07) is 6.22. The molecule has 6 heteroatoms. The molecule has 1 saturated heterocycles. The van der Waals surface area contributed by atoms with Crippen molar-refractivity contribution in [1.82, 2.24) is 4.57 Å². The number of carbonyl (C=O) groups is 1. The Morgan fingerprint density at radius 2 is 1.86 bits per heavy atom. The van der Waals surface area contributed by atoms with Gasteiger partial charge in [-0.05, 0) is 65.6 Å². The number of fused-ring (bicyclic) bond motifs is 1. The zero-order valence-corrected chi connectivity index (χ0v) is 18.7. The summed E-state index contributed by atoms with van der Waals surface area (Å²) in [4.78, 5) is 12.1. The van der Waals surface area contributed by atoms with Crippen LogP contribution in [0.2, 0.25) is 0 Å². The number of hydrogen-bond acceptors (Lipinski definition) is 4. The number of rotatable bonds is 6.